The Morgan fingerprint density at radius 1 is 0.392 bits per heavy atom. The van der Waals surface area contributed by atoms with Crippen LogP contribution >= 0.6 is 0 Å². The molecule has 2 heteroatoms. The van der Waals surface area contributed by atoms with E-state index in [1.165, 1.54) is 66.3 Å². The average Bonchev–Trinajstić information content (AvgIpc) is 3.70. The minimum absolute atomic E-state index is 0.635. The van der Waals surface area contributed by atoms with Crippen molar-refractivity contribution in [1.82, 2.24) is 4.57 Å². The molecule has 1 aliphatic heterocycles. The van der Waals surface area contributed by atoms with Gasteiger partial charge in [0.2, 0.25) is 0 Å². The van der Waals surface area contributed by atoms with Crippen LogP contribution in [-0.2, 0) is 5.41 Å². The van der Waals surface area contributed by atoms with Crippen LogP contribution in [0.3, 0.4) is 0 Å². The van der Waals surface area contributed by atoms with Crippen LogP contribution in [0.25, 0.3) is 60.9 Å². The molecule has 1 aromatic heterocycles. The number of hydrogen-bond acceptors (Lipinski definition) is 1. The normalized spacial score (nSPS) is 15.3. The molecule has 8 aromatic carbocycles. The van der Waals surface area contributed by atoms with Crippen LogP contribution in [0.2, 0.25) is 0 Å². The van der Waals surface area contributed by atoms with Crippen LogP contribution < -0.4 is 4.74 Å². The zero-order chi connectivity index (χ0) is 33.5. The van der Waals surface area contributed by atoms with Crippen molar-refractivity contribution in [2.45, 2.75) is 5.41 Å². The highest BCUT2D eigenvalue weighted by atomic mass is 16.5. The average molecular weight is 650 g/mol. The van der Waals surface area contributed by atoms with E-state index in [0.29, 0.717) is 0 Å². The lowest BCUT2D eigenvalue weighted by Gasteiger charge is -2.40. The Balaban J connectivity index is 1.32. The molecule has 0 radical (unpaired) electrons. The number of para-hydroxylation sites is 2. The molecule has 2 aliphatic rings. The molecule has 0 N–H and O–H groups in total. The SMILES string of the molecule is c1ccc(-c2cccc(-n3c4ccccc4c4ccc5c(c43)C3(c4ccccc4Oc4ccc(-c6ccccc6)cc43)c3ccccc3-5)c2)cc1. The topological polar surface area (TPSA) is 14.2 Å². The molecule has 2 nitrogen and oxygen atoms in total. The maximum Gasteiger partial charge on any atom is 0.132 e. The van der Waals surface area contributed by atoms with Gasteiger partial charge < -0.3 is 9.30 Å². The molecule has 11 rings (SSSR count). The zero-order valence-electron chi connectivity index (χ0n) is 27.8. The summed E-state index contributed by atoms with van der Waals surface area (Å²) in [7, 11) is 0. The molecular weight excluding hydrogens is 619 g/mol. The standard InChI is InChI=1S/C49H31NO/c1-3-14-32(15-4-1)34-18-13-19-36(30-34)50-44-24-11-8-21-38(44)40-28-27-39-37-20-7-9-22-41(37)49(47(39)48(40)50)42-23-10-12-25-45(42)51-46-29-26-35(31-43(46)49)33-16-5-2-6-17-33/h1-31H. The molecule has 0 saturated heterocycles. The second-order valence-electron chi connectivity index (χ2n) is 13.6. The largest absolute Gasteiger partial charge is 0.457 e. The minimum Gasteiger partial charge on any atom is -0.457 e. The third-order valence-electron chi connectivity index (χ3n) is 11.0. The second-order valence-corrected chi connectivity index (χ2v) is 13.6. The summed E-state index contributed by atoms with van der Waals surface area (Å²) in [6.45, 7) is 0. The van der Waals surface area contributed by atoms with Crippen LogP contribution in [0.1, 0.15) is 22.3 Å². The predicted molar refractivity (Wildman–Crippen MR) is 209 cm³/mol. The van der Waals surface area contributed by atoms with Crippen molar-refractivity contribution in [3.8, 4) is 50.6 Å². The number of aromatic nitrogens is 1. The first-order valence-corrected chi connectivity index (χ1v) is 17.6. The molecule has 238 valence electrons. The van der Waals surface area contributed by atoms with Crippen LogP contribution in [0, 0.1) is 0 Å². The van der Waals surface area contributed by atoms with Gasteiger partial charge in [-0.3, -0.25) is 0 Å². The lowest BCUT2D eigenvalue weighted by atomic mass is 9.65. The minimum atomic E-state index is -0.635. The molecule has 1 atom stereocenters. The first kappa shape index (κ1) is 28.2. The number of ether oxygens (including phenoxy) is 1. The Kier molecular flexibility index (Phi) is 5.91. The highest BCUT2D eigenvalue weighted by Crippen LogP contribution is 2.64. The number of nitrogens with zero attached hydrogens (tertiary/aromatic N) is 1. The van der Waals surface area contributed by atoms with Crippen molar-refractivity contribution in [3.63, 3.8) is 0 Å². The van der Waals surface area contributed by atoms with Gasteiger partial charge in [-0.05, 0) is 75.3 Å². The molecule has 9 aromatic rings. The van der Waals surface area contributed by atoms with E-state index in [-0.39, 0.29) is 0 Å². The highest BCUT2D eigenvalue weighted by molar-refractivity contribution is 6.14. The van der Waals surface area contributed by atoms with Gasteiger partial charge in [-0.1, -0.05) is 152 Å². The molecule has 1 aliphatic carbocycles. The molecule has 1 spiro atoms. The van der Waals surface area contributed by atoms with Crippen LogP contribution in [0.15, 0.2) is 188 Å². The lowest BCUT2D eigenvalue weighted by Crippen LogP contribution is -2.32. The second kappa shape index (κ2) is 10.7. The number of hydrogen-bond donors (Lipinski definition) is 0. The van der Waals surface area contributed by atoms with Gasteiger partial charge in [0.15, 0.2) is 0 Å². The maximum absolute atomic E-state index is 6.83. The molecule has 0 fully saturated rings. The molecule has 0 bridgehead atoms. The Morgan fingerprint density at radius 2 is 1.04 bits per heavy atom. The summed E-state index contributed by atoms with van der Waals surface area (Å²) in [5, 5.41) is 2.48. The quantitative estimate of drug-likeness (QED) is 0.186. The predicted octanol–water partition coefficient (Wildman–Crippen LogP) is 12.6. The van der Waals surface area contributed by atoms with Gasteiger partial charge in [-0.2, -0.15) is 0 Å². The van der Waals surface area contributed by atoms with Crippen molar-refractivity contribution in [2.24, 2.45) is 0 Å². The fourth-order valence-corrected chi connectivity index (χ4v) is 8.98. The van der Waals surface area contributed by atoms with Gasteiger partial charge in [-0.25, -0.2) is 0 Å². The maximum atomic E-state index is 6.83. The summed E-state index contributed by atoms with van der Waals surface area (Å²) < 4.78 is 9.35. The van der Waals surface area contributed by atoms with Crippen molar-refractivity contribution in [1.29, 1.82) is 0 Å². The molecule has 0 saturated carbocycles. The summed E-state index contributed by atoms with van der Waals surface area (Å²) >= 11 is 0. The molecule has 0 amide bonds. The van der Waals surface area contributed by atoms with Crippen molar-refractivity contribution in [2.75, 3.05) is 0 Å². The Hall–Kier alpha value is -6.64. The summed E-state index contributed by atoms with van der Waals surface area (Å²) in [6, 6.07) is 68.4. The monoisotopic (exact) mass is 649 g/mol. The fraction of sp³-hybridized carbons (Fsp3) is 0.0204. The summed E-state index contributed by atoms with van der Waals surface area (Å²) in [5.74, 6) is 1.78. The summed E-state index contributed by atoms with van der Waals surface area (Å²) in [5.41, 5.74) is 15.1. The zero-order valence-corrected chi connectivity index (χ0v) is 27.8. The Morgan fingerprint density at radius 3 is 1.86 bits per heavy atom. The van der Waals surface area contributed by atoms with Gasteiger partial charge in [0.1, 0.15) is 11.5 Å². The Bertz CT molecular complexity index is 2830. The van der Waals surface area contributed by atoms with E-state index in [0.717, 1.165) is 28.3 Å². The Labute approximate surface area is 296 Å². The number of fused-ring (bicyclic) bond motifs is 13. The lowest BCUT2D eigenvalue weighted by molar-refractivity contribution is 0.437. The third kappa shape index (κ3) is 3.87. The van der Waals surface area contributed by atoms with Crippen LogP contribution in [-0.4, -0.2) is 4.57 Å². The molecule has 1 unspecified atom stereocenters. The summed E-state index contributed by atoms with van der Waals surface area (Å²) in [6.07, 6.45) is 0. The summed E-state index contributed by atoms with van der Waals surface area (Å²) in [4.78, 5) is 0. The van der Waals surface area contributed by atoms with Crippen molar-refractivity contribution < 1.29 is 4.74 Å². The van der Waals surface area contributed by atoms with E-state index in [1.54, 1.807) is 0 Å². The van der Waals surface area contributed by atoms with E-state index in [4.69, 9.17) is 4.74 Å². The highest BCUT2D eigenvalue weighted by Gasteiger charge is 2.52. The first-order valence-electron chi connectivity index (χ1n) is 17.6. The molecule has 2 heterocycles. The van der Waals surface area contributed by atoms with Gasteiger partial charge in [0.25, 0.3) is 0 Å². The van der Waals surface area contributed by atoms with Gasteiger partial charge >= 0.3 is 0 Å². The van der Waals surface area contributed by atoms with Crippen molar-refractivity contribution in [3.05, 3.63) is 210 Å². The van der Waals surface area contributed by atoms with Crippen LogP contribution in [0.4, 0.5) is 0 Å². The third-order valence-corrected chi connectivity index (χ3v) is 11.0. The van der Waals surface area contributed by atoms with Crippen molar-refractivity contribution >= 4 is 21.8 Å². The van der Waals surface area contributed by atoms with Crippen LogP contribution in [0.5, 0.6) is 11.5 Å². The fourth-order valence-electron chi connectivity index (χ4n) is 8.98. The van der Waals surface area contributed by atoms with Gasteiger partial charge in [0.05, 0.1) is 16.4 Å². The van der Waals surface area contributed by atoms with Gasteiger partial charge in [-0.15, -0.1) is 0 Å². The number of benzene rings is 8. The van der Waals surface area contributed by atoms with E-state index >= 15 is 0 Å². The number of rotatable bonds is 3. The first-order chi connectivity index (χ1) is 25.3. The molecular formula is C49H31NO. The molecule has 51 heavy (non-hydrogen) atoms. The van der Waals surface area contributed by atoms with Gasteiger partial charge in [0, 0.05) is 33.2 Å². The van der Waals surface area contributed by atoms with E-state index in [1.807, 2.05) is 0 Å². The van der Waals surface area contributed by atoms with E-state index in [2.05, 4.69) is 193 Å². The van der Waals surface area contributed by atoms with E-state index in [9.17, 15) is 0 Å². The van der Waals surface area contributed by atoms with E-state index < -0.39 is 5.41 Å². The smallest absolute Gasteiger partial charge is 0.132 e.